The van der Waals surface area contributed by atoms with Crippen LogP contribution in [0.4, 0.5) is 0 Å². The van der Waals surface area contributed by atoms with Gasteiger partial charge in [0.05, 0.1) is 0 Å². The van der Waals surface area contributed by atoms with Crippen molar-refractivity contribution in [3.8, 4) is 0 Å². The average molecular weight is 154 g/mol. The summed E-state index contributed by atoms with van der Waals surface area (Å²) in [4.78, 5) is 0. The predicted octanol–water partition coefficient (Wildman–Crippen LogP) is 3.71. The number of hydrogen-bond donors (Lipinski definition) is 0. The van der Waals surface area contributed by atoms with E-state index in [2.05, 4.69) is 27.7 Å². The molecule has 0 amide bonds. The third-order valence-electron chi connectivity index (χ3n) is 3.39. The van der Waals surface area contributed by atoms with Crippen LogP contribution >= 0.6 is 0 Å². The van der Waals surface area contributed by atoms with Crippen LogP contribution in [0.25, 0.3) is 0 Å². The second-order valence-corrected chi connectivity index (χ2v) is 4.65. The van der Waals surface area contributed by atoms with Crippen molar-refractivity contribution in [2.75, 3.05) is 0 Å². The van der Waals surface area contributed by atoms with E-state index in [1.807, 2.05) is 0 Å². The van der Waals surface area contributed by atoms with Crippen LogP contribution in [0, 0.1) is 23.7 Å². The molecule has 0 spiro atoms. The van der Waals surface area contributed by atoms with Gasteiger partial charge in [0.1, 0.15) is 0 Å². The molecule has 1 rings (SSSR count). The highest BCUT2D eigenvalue weighted by molar-refractivity contribution is 4.85. The normalized spacial score (nSPS) is 37.4. The fourth-order valence-electron chi connectivity index (χ4n) is 2.46. The van der Waals surface area contributed by atoms with E-state index in [4.69, 9.17) is 0 Å². The van der Waals surface area contributed by atoms with Crippen LogP contribution in [0.3, 0.4) is 0 Å². The molecular weight excluding hydrogens is 132 g/mol. The lowest BCUT2D eigenvalue weighted by molar-refractivity contribution is 0.0664. The van der Waals surface area contributed by atoms with Gasteiger partial charge in [0.15, 0.2) is 0 Å². The molecule has 1 saturated carbocycles. The highest BCUT2D eigenvalue weighted by atomic mass is 14.4. The molecular formula is C11H22. The summed E-state index contributed by atoms with van der Waals surface area (Å²) in [5.74, 6) is 4.03. The van der Waals surface area contributed by atoms with Gasteiger partial charge in [0, 0.05) is 0 Å². The zero-order valence-electron chi connectivity index (χ0n) is 8.43. The van der Waals surface area contributed by atoms with Gasteiger partial charge in [-0.05, 0) is 36.5 Å². The van der Waals surface area contributed by atoms with Gasteiger partial charge < -0.3 is 0 Å². The maximum atomic E-state index is 2.44. The fourth-order valence-corrected chi connectivity index (χ4v) is 2.46. The zero-order valence-corrected chi connectivity index (χ0v) is 8.43. The predicted molar refractivity (Wildman–Crippen MR) is 50.5 cm³/mol. The Hall–Kier alpha value is 0. The molecule has 0 heterocycles. The zero-order chi connectivity index (χ0) is 8.43. The van der Waals surface area contributed by atoms with Crippen molar-refractivity contribution in [3.63, 3.8) is 0 Å². The Morgan fingerprint density at radius 3 is 2.27 bits per heavy atom. The number of hydrogen-bond acceptors (Lipinski definition) is 0. The Balaban J connectivity index is 2.21. The van der Waals surface area contributed by atoms with E-state index in [9.17, 15) is 0 Å². The van der Waals surface area contributed by atoms with Crippen LogP contribution in [-0.4, -0.2) is 0 Å². The largest absolute Gasteiger partial charge is 0.0651 e. The molecule has 0 aromatic heterocycles. The second-order valence-electron chi connectivity index (χ2n) is 4.65. The molecule has 0 saturated heterocycles. The van der Waals surface area contributed by atoms with E-state index in [0.29, 0.717) is 0 Å². The summed E-state index contributed by atoms with van der Waals surface area (Å²) in [6.07, 6.45) is 4.36. The first-order chi connectivity index (χ1) is 5.15. The van der Waals surface area contributed by atoms with Crippen LogP contribution in [0.2, 0.25) is 0 Å². The quantitative estimate of drug-likeness (QED) is 0.581. The van der Waals surface area contributed by atoms with E-state index < -0.39 is 0 Å². The molecule has 3 atom stereocenters. The van der Waals surface area contributed by atoms with Gasteiger partial charge in [0.2, 0.25) is 0 Å². The van der Waals surface area contributed by atoms with Crippen molar-refractivity contribution in [1.82, 2.24) is 0 Å². The maximum Gasteiger partial charge on any atom is -0.0381 e. The molecule has 66 valence electrons. The Morgan fingerprint density at radius 2 is 1.91 bits per heavy atom. The molecule has 0 heteroatoms. The minimum Gasteiger partial charge on any atom is -0.0651 e. The molecule has 1 aliphatic rings. The monoisotopic (exact) mass is 154 g/mol. The van der Waals surface area contributed by atoms with Gasteiger partial charge in [-0.3, -0.25) is 0 Å². The summed E-state index contributed by atoms with van der Waals surface area (Å²) >= 11 is 0. The van der Waals surface area contributed by atoms with Crippen molar-refractivity contribution in [2.45, 2.75) is 47.0 Å². The van der Waals surface area contributed by atoms with Crippen LogP contribution in [0.15, 0.2) is 0 Å². The summed E-state index contributed by atoms with van der Waals surface area (Å²) in [6.45, 7) is 9.44. The summed E-state index contributed by atoms with van der Waals surface area (Å²) in [7, 11) is 0. The first-order valence-corrected chi connectivity index (χ1v) is 5.15. The van der Waals surface area contributed by atoms with E-state index in [0.717, 1.165) is 23.7 Å². The summed E-state index contributed by atoms with van der Waals surface area (Å²) in [5.41, 5.74) is 0. The lowest BCUT2D eigenvalue weighted by Gasteiger charge is -2.43. The Labute approximate surface area is 71.4 Å². The van der Waals surface area contributed by atoms with Crippen LogP contribution < -0.4 is 0 Å². The van der Waals surface area contributed by atoms with E-state index in [1.165, 1.54) is 19.3 Å². The summed E-state index contributed by atoms with van der Waals surface area (Å²) in [5, 5.41) is 0. The molecule has 3 unspecified atom stereocenters. The van der Waals surface area contributed by atoms with Crippen molar-refractivity contribution < 1.29 is 0 Å². The molecule has 1 fully saturated rings. The van der Waals surface area contributed by atoms with Crippen molar-refractivity contribution in [3.05, 3.63) is 0 Å². The van der Waals surface area contributed by atoms with Crippen LogP contribution in [0.5, 0.6) is 0 Å². The minimum atomic E-state index is 0.903. The fraction of sp³-hybridized carbons (Fsp3) is 1.00. The topological polar surface area (TPSA) is 0 Å². The van der Waals surface area contributed by atoms with Crippen molar-refractivity contribution in [1.29, 1.82) is 0 Å². The number of rotatable bonds is 3. The molecule has 11 heavy (non-hydrogen) atoms. The van der Waals surface area contributed by atoms with Gasteiger partial charge in [-0.1, -0.05) is 34.1 Å². The highest BCUT2D eigenvalue weighted by Crippen LogP contribution is 2.44. The standard InChI is InChI=1S/C11H22/c1-5-10-7-11(9(10)4)6-8(2)3/h8-11H,5-7H2,1-4H3. The lowest BCUT2D eigenvalue weighted by atomic mass is 9.62. The molecule has 0 nitrogen and oxygen atoms in total. The SMILES string of the molecule is CCC1CC(CC(C)C)C1C. The Morgan fingerprint density at radius 1 is 1.27 bits per heavy atom. The van der Waals surface area contributed by atoms with Gasteiger partial charge in [-0.25, -0.2) is 0 Å². The molecule has 0 aliphatic heterocycles. The van der Waals surface area contributed by atoms with Crippen LogP contribution in [0.1, 0.15) is 47.0 Å². The average Bonchev–Trinajstić information content (AvgIpc) is 1.96. The smallest absolute Gasteiger partial charge is 0.0381 e. The van der Waals surface area contributed by atoms with Crippen molar-refractivity contribution >= 4 is 0 Å². The Bertz CT molecular complexity index is 115. The maximum absolute atomic E-state index is 2.44. The summed E-state index contributed by atoms with van der Waals surface area (Å²) < 4.78 is 0. The van der Waals surface area contributed by atoms with E-state index in [-0.39, 0.29) is 0 Å². The van der Waals surface area contributed by atoms with Gasteiger partial charge >= 0.3 is 0 Å². The van der Waals surface area contributed by atoms with E-state index >= 15 is 0 Å². The summed E-state index contributed by atoms with van der Waals surface area (Å²) in [6, 6.07) is 0. The van der Waals surface area contributed by atoms with Crippen LogP contribution in [-0.2, 0) is 0 Å². The Kier molecular flexibility index (Phi) is 2.98. The lowest BCUT2D eigenvalue weighted by Crippen LogP contribution is -2.34. The first-order valence-electron chi connectivity index (χ1n) is 5.15. The molecule has 0 aromatic rings. The first kappa shape index (κ1) is 9.09. The van der Waals surface area contributed by atoms with Gasteiger partial charge in [-0.15, -0.1) is 0 Å². The third kappa shape index (κ3) is 1.98. The molecule has 0 aromatic carbocycles. The molecule has 0 radical (unpaired) electrons. The molecule has 1 aliphatic carbocycles. The van der Waals surface area contributed by atoms with E-state index in [1.54, 1.807) is 0 Å². The van der Waals surface area contributed by atoms with Gasteiger partial charge in [0.25, 0.3) is 0 Å². The van der Waals surface area contributed by atoms with Gasteiger partial charge in [-0.2, -0.15) is 0 Å². The molecule has 0 bridgehead atoms. The van der Waals surface area contributed by atoms with Crippen molar-refractivity contribution in [2.24, 2.45) is 23.7 Å². The highest BCUT2D eigenvalue weighted by Gasteiger charge is 2.35. The molecule has 0 N–H and O–H groups in total. The second kappa shape index (κ2) is 3.60. The third-order valence-corrected chi connectivity index (χ3v) is 3.39. The minimum absolute atomic E-state index is 0.903.